The number of ether oxygens (including phenoxy) is 2. The molecule has 7 heteroatoms. The van der Waals surface area contributed by atoms with Gasteiger partial charge in [0.25, 0.3) is 0 Å². The lowest BCUT2D eigenvalue weighted by molar-refractivity contribution is -0.0832. The van der Waals surface area contributed by atoms with E-state index in [1.807, 2.05) is 35.3 Å². The maximum atomic E-state index is 13.2. The first-order valence-corrected chi connectivity index (χ1v) is 9.53. The maximum Gasteiger partial charge on any atom is 0.433 e. The van der Waals surface area contributed by atoms with Gasteiger partial charge in [-0.2, -0.15) is 10.0 Å². The number of carbonyl (C=O) groups excluding carboxylic acids is 2. The molecule has 2 aliphatic carbocycles. The second-order valence-corrected chi connectivity index (χ2v) is 8.81. The van der Waals surface area contributed by atoms with Crippen LogP contribution >= 0.6 is 0 Å². The van der Waals surface area contributed by atoms with E-state index in [-0.39, 0.29) is 23.0 Å². The first kappa shape index (κ1) is 17.0. The number of amides is 3. The van der Waals surface area contributed by atoms with Gasteiger partial charge >= 0.3 is 12.1 Å². The quantitative estimate of drug-likeness (QED) is 0.757. The van der Waals surface area contributed by atoms with Crippen LogP contribution in [0.25, 0.3) is 0 Å². The Balaban J connectivity index is 1.61. The lowest BCUT2D eigenvalue weighted by atomic mass is 9.70. The van der Waals surface area contributed by atoms with Crippen LogP contribution in [0.4, 0.5) is 15.3 Å². The normalized spacial score (nSPS) is 39.0. The molecule has 1 aromatic carbocycles. The van der Waals surface area contributed by atoms with E-state index < -0.39 is 18.5 Å². The number of hydrogen-bond acceptors (Lipinski definition) is 5. The third-order valence-corrected chi connectivity index (χ3v) is 7.75. The molecule has 5 atom stereocenters. The molecule has 2 bridgehead atoms. The fraction of sp³-hybridized carbons (Fsp3) is 0.600. The van der Waals surface area contributed by atoms with Crippen LogP contribution < -0.4 is 4.90 Å². The average molecular weight is 371 g/mol. The Morgan fingerprint density at radius 2 is 1.93 bits per heavy atom. The number of hydrogen-bond donors (Lipinski definition) is 0. The highest BCUT2D eigenvalue weighted by Gasteiger charge is 2.75. The summed E-state index contributed by atoms with van der Waals surface area (Å²) in [5.41, 5.74) is 0.804. The summed E-state index contributed by atoms with van der Waals surface area (Å²) in [6, 6.07) is 8.91. The van der Waals surface area contributed by atoms with E-state index in [0.717, 1.165) is 17.9 Å². The van der Waals surface area contributed by atoms with Gasteiger partial charge < -0.3 is 9.47 Å². The maximum absolute atomic E-state index is 13.2. The number of nitrogens with zero attached hydrogens (tertiary/aromatic N) is 3. The van der Waals surface area contributed by atoms with Crippen molar-refractivity contribution in [3.05, 3.63) is 30.3 Å². The first-order valence-electron chi connectivity index (χ1n) is 9.53. The number of carbonyl (C=O) groups is 2. The van der Waals surface area contributed by atoms with Crippen molar-refractivity contribution in [3.63, 3.8) is 0 Å². The van der Waals surface area contributed by atoms with Crippen molar-refractivity contribution in [3.8, 4) is 0 Å². The van der Waals surface area contributed by atoms with Gasteiger partial charge in [-0.3, -0.25) is 4.90 Å². The molecule has 7 nitrogen and oxygen atoms in total. The Bertz CT molecular complexity index is 813. The summed E-state index contributed by atoms with van der Waals surface area (Å²) in [6.07, 6.45) is 0.863. The Hall–Kier alpha value is -2.12. The molecule has 2 aliphatic heterocycles. The van der Waals surface area contributed by atoms with Crippen LogP contribution in [-0.4, -0.2) is 47.7 Å². The largest absolute Gasteiger partial charge is 0.451 e. The van der Waals surface area contributed by atoms with Gasteiger partial charge in [-0.15, -0.1) is 0 Å². The van der Waals surface area contributed by atoms with Crippen LogP contribution in [0.5, 0.6) is 0 Å². The van der Waals surface area contributed by atoms with Gasteiger partial charge in [0.2, 0.25) is 6.35 Å². The number of anilines is 1. The van der Waals surface area contributed by atoms with E-state index in [2.05, 4.69) is 20.8 Å². The number of para-hydroxylation sites is 1. The van der Waals surface area contributed by atoms with Crippen LogP contribution in [0.2, 0.25) is 0 Å². The molecule has 2 saturated carbocycles. The lowest BCUT2D eigenvalue weighted by Gasteiger charge is -2.38. The van der Waals surface area contributed by atoms with Crippen molar-refractivity contribution < 1.29 is 19.1 Å². The zero-order valence-corrected chi connectivity index (χ0v) is 16.1. The number of imide groups is 1. The van der Waals surface area contributed by atoms with Crippen LogP contribution in [0, 0.1) is 16.7 Å². The molecular formula is C20H25N3O4. The van der Waals surface area contributed by atoms with Gasteiger partial charge in [-0.05, 0) is 36.3 Å². The van der Waals surface area contributed by atoms with Gasteiger partial charge in [0.15, 0.2) is 0 Å². The van der Waals surface area contributed by atoms with E-state index in [4.69, 9.17) is 9.47 Å². The molecular weight excluding hydrogens is 346 g/mol. The van der Waals surface area contributed by atoms with Crippen molar-refractivity contribution in [1.29, 1.82) is 0 Å². The predicted molar refractivity (Wildman–Crippen MR) is 97.5 cm³/mol. The van der Waals surface area contributed by atoms with Crippen LogP contribution in [0.1, 0.15) is 33.6 Å². The molecule has 2 saturated heterocycles. The lowest BCUT2D eigenvalue weighted by Crippen LogP contribution is -2.52. The number of urea groups is 1. The zero-order chi connectivity index (χ0) is 19.1. The molecule has 1 aromatic rings. The van der Waals surface area contributed by atoms with Crippen molar-refractivity contribution >= 4 is 17.8 Å². The van der Waals surface area contributed by atoms with Gasteiger partial charge in [-0.25, -0.2) is 9.59 Å². The van der Waals surface area contributed by atoms with Crippen LogP contribution in [0.15, 0.2) is 30.3 Å². The number of hydrazine groups is 1. The van der Waals surface area contributed by atoms with E-state index in [1.165, 1.54) is 7.11 Å². The van der Waals surface area contributed by atoms with Gasteiger partial charge in [0.05, 0.1) is 19.3 Å². The molecule has 144 valence electrons. The van der Waals surface area contributed by atoms with Gasteiger partial charge in [0, 0.05) is 11.1 Å². The summed E-state index contributed by atoms with van der Waals surface area (Å²) in [5, 5.41) is 2.98. The molecule has 3 amide bonds. The molecule has 0 radical (unpaired) electrons. The number of fused-ring (bicyclic) bond motifs is 7. The number of benzene rings is 1. The Morgan fingerprint density at radius 1 is 1.22 bits per heavy atom. The predicted octanol–water partition coefficient (Wildman–Crippen LogP) is 3.42. The summed E-state index contributed by atoms with van der Waals surface area (Å²) in [7, 11) is 1.30. The van der Waals surface area contributed by atoms with Crippen LogP contribution in [0.3, 0.4) is 0 Å². The molecule has 4 fully saturated rings. The fourth-order valence-corrected chi connectivity index (χ4v) is 5.94. The Morgan fingerprint density at radius 3 is 2.59 bits per heavy atom. The molecule has 0 N–H and O–H groups in total. The zero-order valence-electron chi connectivity index (χ0n) is 16.1. The van der Waals surface area contributed by atoms with E-state index in [1.54, 1.807) is 4.90 Å². The monoisotopic (exact) mass is 371 g/mol. The van der Waals surface area contributed by atoms with Crippen molar-refractivity contribution in [1.82, 2.24) is 10.0 Å². The smallest absolute Gasteiger partial charge is 0.433 e. The number of rotatable bonds is 1. The molecule has 27 heavy (non-hydrogen) atoms. The first-order chi connectivity index (χ1) is 12.8. The molecule has 0 spiro atoms. The minimum Gasteiger partial charge on any atom is -0.451 e. The second kappa shape index (κ2) is 5.23. The second-order valence-electron chi connectivity index (χ2n) is 8.81. The summed E-state index contributed by atoms with van der Waals surface area (Å²) in [6.45, 7) is 6.87. The molecule has 2 heterocycles. The Labute approximate surface area is 158 Å². The topological polar surface area (TPSA) is 62.3 Å². The standard InChI is InChI=1S/C20H25N3O4/c1-19(2)13-10-11-20(19,3)15-14(13)22-17(27-15)21(12-8-6-5-7-9-12)16(24)23(22)18(25)26-4/h5-9,13-15,17H,10-11H2,1-4H3/t13?,14?,15-,17?,20?/m1/s1. The van der Waals surface area contributed by atoms with E-state index in [0.29, 0.717) is 11.6 Å². The van der Waals surface area contributed by atoms with Gasteiger partial charge in [-0.1, -0.05) is 39.0 Å². The number of methoxy groups -OCH3 is 1. The highest BCUT2D eigenvalue weighted by atomic mass is 16.6. The average Bonchev–Trinajstić information content (AvgIpc) is 3.27. The minimum atomic E-state index is -0.668. The molecule has 4 unspecified atom stereocenters. The SMILES string of the molecule is COC(=O)N1C(=O)N(c2ccccc2)C2O[C@@H]3C(C4CCC3(C)C4(C)C)N21. The fourth-order valence-electron chi connectivity index (χ4n) is 5.94. The van der Waals surface area contributed by atoms with Crippen molar-refractivity contribution in [2.24, 2.45) is 16.7 Å². The summed E-state index contributed by atoms with van der Waals surface area (Å²) in [5.74, 6) is 0.355. The third-order valence-electron chi connectivity index (χ3n) is 7.75. The van der Waals surface area contributed by atoms with Crippen molar-refractivity contribution in [2.45, 2.75) is 52.1 Å². The van der Waals surface area contributed by atoms with Crippen molar-refractivity contribution in [2.75, 3.05) is 12.0 Å². The molecule has 5 rings (SSSR count). The van der Waals surface area contributed by atoms with E-state index >= 15 is 0 Å². The van der Waals surface area contributed by atoms with Crippen LogP contribution in [-0.2, 0) is 9.47 Å². The van der Waals surface area contributed by atoms with E-state index in [9.17, 15) is 9.59 Å². The molecule has 0 aromatic heterocycles. The Kier molecular flexibility index (Phi) is 3.30. The third kappa shape index (κ3) is 1.84. The minimum absolute atomic E-state index is 0.0134. The molecule has 4 aliphatic rings. The van der Waals surface area contributed by atoms with Gasteiger partial charge in [0.1, 0.15) is 0 Å². The summed E-state index contributed by atoms with van der Waals surface area (Å²) in [4.78, 5) is 27.3. The highest BCUT2D eigenvalue weighted by Crippen LogP contribution is 2.69. The highest BCUT2D eigenvalue weighted by molar-refractivity contribution is 6.02. The summed E-state index contributed by atoms with van der Waals surface area (Å²) < 4.78 is 11.5. The summed E-state index contributed by atoms with van der Waals surface area (Å²) >= 11 is 0.